The van der Waals surface area contributed by atoms with E-state index in [0.29, 0.717) is 11.3 Å². The minimum atomic E-state index is -1.14. The number of fused-ring (bicyclic) bond motifs is 1. The van der Waals surface area contributed by atoms with Crippen molar-refractivity contribution in [3.63, 3.8) is 0 Å². The summed E-state index contributed by atoms with van der Waals surface area (Å²) in [5.74, 6) is -2.69. The summed E-state index contributed by atoms with van der Waals surface area (Å²) in [6.07, 6.45) is -0.182. The highest BCUT2D eigenvalue weighted by Gasteiger charge is 2.60. The summed E-state index contributed by atoms with van der Waals surface area (Å²) < 4.78 is 0. The van der Waals surface area contributed by atoms with Gasteiger partial charge in [-0.2, -0.15) is 0 Å². The van der Waals surface area contributed by atoms with Gasteiger partial charge in [0.15, 0.2) is 0 Å². The van der Waals surface area contributed by atoms with Crippen LogP contribution in [-0.2, 0) is 14.4 Å². The van der Waals surface area contributed by atoms with Crippen molar-refractivity contribution in [1.29, 1.82) is 0 Å². The molecule has 0 radical (unpaired) electrons. The van der Waals surface area contributed by atoms with Crippen LogP contribution in [0, 0.1) is 11.8 Å². The molecule has 10 heteroatoms. The number of aliphatic hydroxyl groups excluding tert-OH is 1. The first-order valence-corrected chi connectivity index (χ1v) is 11.9. The van der Waals surface area contributed by atoms with Gasteiger partial charge in [-0.05, 0) is 24.5 Å². The van der Waals surface area contributed by atoms with Crippen LogP contribution >= 0.6 is 11.8 Å². The highest BCUT2D eigenvalue weighted by Crippen LogP contribution is 2.51. The van der Waals surface area contributed by atoms with Gasteiger partial charge in [0.25, 0.3) is 0 Å². The molecule has 1 aromatic carbocycles. The Hall–Kier alpha value is -2.40. The average molecular weight is 477 g/mol. The molecule has 0 bridgehead atoms. The molecular formula is C23H32N4O5S. The van der Waals surface area contributed by atoms with Gasteiger partial charge in [-0.25, -0.2) is 4.79 Å². The summed E-state index contributed by atoms with van der Waals surface area (Å²) in [6, 6.07) is 6.32. The number of aliphatic hydroxyl groups is 1. The molecule has 2 heterocycles. The van der Waals surface area contributed by atoms with Gasteiger partial charge in [0, 0.05) is 34.6 Å². The Balaban J connectivity index is 1.68. The van der Waals surface area contributed by atoms with E-state index in [-0.39, 0.29) is 41.3 Å². The number of rotatable bonds is 10. The fraction of sp³-hybridized carbons (Fsp3) is 0.522. The third kappa shape index (κ3) is 4.93. The zero-order valence-corrected chi connectivity index (χ0v) is 19.8. The van der Waals surface area contributed by atoms with Gasteiger partial charge in [-0.15, -0.1) is 11.8 Å². The molecule has 3 rings (SSSR count). The van der Waals surface area contributed by atoms with E-state index in [1.54, 1.807) is 6.92 Å². The number of amides is 2. The van der Waals surface area contributed by atoms with E-state index in [0.717, 1.165) is 11.1 Å². The molecule has 0 aliphatic carbocycles. The minimum Gasteiger partial charge on any atom is -0.477 e. The molecule has 2 amide bonds. The van der Waals surface area contributed by atoms with Crippen LogP contribution in [0.1, 0.15) is 56.8 Å². The molecule has 1 saturated heterocycles. The first kappa shape index (κ1) is 25.2. The van der Waals surface area contributed by atoms with Crippen LogP contribution in [0.4, 0.5) is 0 Å². The van der Waals surface area contributed by atoms with Gasteiger partial charge in [-0.1, -0.05) is 38.1 Å². The van der Waals surface area contributed by atoms with Crippen LogP contribution < -0.4 is 17.2 Å². The Morgan fingerprint density at radius 3 is 2.15 bits per heavy atom. The number of nitrogens with zero attached hydrogens (tertiary/aromatic N) is 1. The number of β-lactam (4-membered cyclic amide) rings is 1. The van der Waals surface area contributed by atoms with Crippen LogP contribution in [0.2, 0.25) is 0 Å². The van der Waals surface area contributed by atoms with Gasteiger partial charge in [0.1, 0.15) is 5.70 Å². The summed E-state index contributed by atoms with van der Waals surface area (Å²) in [5.41, 5.74) is 19.3. The number of carbonyl (C=O) groups is 3. The van der Waals surface area contributed by atoms with Gasteiger partial charge in [0.2, 0.25) is 11.8 Å². The molecule has 7 atom stereocenters. The standard InChI is InChI=1S/C23H32N4O5S/c1-10(8-15(24)13-4-6-14(7-5-13)16(25)9-17(26)29)33-21-11(2)19-18(12(3)28)22(30)27(19)20(21)23(31)32/h4-7,10-12,15-16,18-19,28H,8-9,24-25H2,1-3H3,(H2,26,29)(H,31,32)/t10-,11-,12-,15?,16+,18-,19-/m1/s1. The van der Waals surface area contributed by atoms with Crippen molar-refractivity contribution in [2.75, 3.05) is 0 Å². The number of primary amides is 1. The third-order valence-electron chi connectivity index (χ3n) is 6.44. The van der Waals surface area contributed by atoms with Crippen molar-refractivity contribution in [3.8, 4) is 0 Å². The number of hydrogen-bond donors (Lipinski definition) is 5. The number of carbonyl (C=O) groups excluding carboxylic acids is 2. The zero-order valence-electron chi connectivity index (χ0n) is 19.0. The van der Waals surface area contributed by atoms with Crippen LogP contribution in [0.5, 0.6) is 0 Å². The highest BCUT2D eigenvalue weighted by molar-refractivity contribution is 8.03. The van der Waals surface area contributed by atoms with Gasteiger partial charge >= 0.3 is 5.97 Å². The lowest BCUT2D eigenvalue weighted by Gasteiger charge is -2.46. The maximum absolute atomic E-state index is 12.5. The number of aliphatic carboxylic acids is 1. The molecule has 180 valence electrons. The Morgan fingerprint density at radius 2 is 1.67 bits per heavy atom. The summed E-state index contributed by atoms with van der Waals surface area (Å²) >= 11 is 1.42. The normalized spacial score (nSPS) is 25.8. The molecule has 2 aliphatic rings. The summed E-state index contributed by atoms with van der Waals surface area (Å²) in [4.78, 5) is 37.5. The topological polar surface area (TPSA) is 173 Å². The molecule has 0 saturated carbocycles. The van der Waals surface area contributed by atoms with Crippen molar-refractivity contribution < 1.29 is 24.6 Å². The van der Waals surface area contributed by atoms with E-state index in [9.17, 15) is 24.6 Å². The predicted octanol–water partition coefficient (Wildman–Crippen LogP) is 1.23. The Kier molecular flexibility index (Phi) is 7.52. The van der Waals surface area contributed by atoms with Crippen LogP contribution in [0.25, 0.3) is 0 Å². The molecule has 33 heavy (non-hydrogen) atoms. The fourth-order valence-corrected chi connectivity index (χ4v) is 6.15. The zero-order chi connectivity index (χ0) is 24.6. The van der Waals surface area contributed by atoms with E-state index in [2.05, 4.69) is 0 Å². The lowest BCUT2D eigenvalue weighted by atomic mass is 9.79. The molecule has 0 aromatic heterocycles. The van der Waals surface area contributed by atoms with Gasteiger partial charge in [0.05, 0.1) is 18.1 Å². The summed E-state index contributed by atoms with van der Waals surface area (Å²) in [7, 11) is 0. The van der Waals surface area contributed by atoms with Crippen LogP contribution in [0.15, 0.2) is 34.9 Å². The number of hydrogen-bond acceptors (Lipinski definition) is 7. The first-order valence-electron chi connectivity index (χ1n) is 11.0. The molecule has 1 unspecified atom stereocenters. The molecule has 2 aliphatic heterocycles. The molecule has 1 aromatic rings. The van der Waals surface area contributed by atoms with E-state index < -0.39 is 29.9 Å². The number of carboxylic acid groups (broad SMARTS) is 1. The number of thioether (sulfide) groups is 1. The number of benzene rings is 1. The van der Waals surface area contributed by atoms with E-state index in [1.165, 1.54) is 16.7 Å². The van der Waals surface area contributed by atoms with Gasteiger partial charge in [-0.3, -0.25) is 9.59 Å². The van der Waals surface area contributed by atoms with Crippen LogP contribution in [0.3, 0.4) is 0 Å². The Labute approximate surface area is 197 Å². The van der Waals surface area contributed by atoms with Crippen molar-refractivity contribution in [1.82, 2.24) is 4.90 Å². The minimum absolute atomic E-state index is 0.0117. The van der Waals surface area contributed by atoms with Crippen molar-refractivity contribution in [2.24, 2.45) is 29.0 Å². The lowest BCUT2D eigenvalue weighted by molar-refractivity contribution is -0.163. The van der Waals surface area contributed by atoms with Gasteiger partial charge < -0.3 is 32.3 Å². The predicted molar refractivity (Wildman–Crippen MR) is 125 cm³/mol. The Morgan fingerprint density at radius 1 is 1.12 bits per heavy atom. The van der Waals surface area contributed by atoms with Crippen molar-refractivity contribution >= 4 is 29.5 Å². The second-order valence-electron chi connectivity index (χ2n) is 8.99. The van der Waals surface area contributed by atoms with Crippen molar-refractivity contribution in [2.45, 2.75) is 63.1 Å². The number of nitrogens with two attached hydrogens (primary N) is 3. The Bertz CT molecular complexity index is 964. The van der Waals surface area contributed by atoms with Crippen LogP contribution in [-0.4, -0.2) is 50.3 Å². The van der Waals surface area contributed by atoms with E-state index in [4.69, 9.17) is 17.2 Å². The molecule has 8 N–H and O–H groups in total. The summed E-state index contributed by atoms with van der Waals surface area (Å²) in [6.45, 7) is 5.44. The maximum Gasteiger partial charge on any atom is 0.353 e. The smallest absolute Gasteiger partial charge is 0.353 e. The largest absolute Gasteiger partial charge is 0.477 e. The molecular weight excluding hydrogens is 444 g/mol. The van der Waals surface area contributed by atoms with E-state index >= 15 is 0 Å². The second kappa shape index (κ2) is 9.84. The maximum atomic E-state index is 12.5. The average Bonchev–Trinajstić information content (AvgIpc) is 2.95. The second-order valence-corrected chi connectivity index (χ2v) is 10.5. The quantitative estimate of drug-likeness (QED) is 0.313. The monoisotopic (exact) mass is 476 g/mol. The first-order chi connectivity index (χ1) is 15.4. The molecule has 9 nitrogen and oxygen atoms in total. The number of carboxylic acids is 1. The third-order valence-corrected chi connectivity index (χ3v) is 7.85. The molecule has 0 spiro atoms. The summed E-state index contributed by atoms with van der Waals surface area (Å²) in [5, 5.41) is 19.7. The van der Waals surface area contributed by atoms with Crippen molar-refractivity contribution in [3.05, 3.63) is 46.0 Å². The fourth-order valence-electron chi connectivity index (χ4n) is 4.76. The highest BCUT2D eigenvalue weighted by atomic mass is 32.2. The molecule has 1 fully saturated rings. The SMILES string of the molecule is C[C@H](CC(N)c1ccc([C@@H](N)CC(N)=O)cc1)SC1=C(C(=O)O)N2C(=O)[C@H]([C@@H](C)O)[C@H]2[C@H]1C. The van der Waals surface area contributed by atoms with E-state index in [1.807, 2.05) is 38.1 Å². The lowest BCUT2D eigenvalue weighted by Crippen LogP contribution is -2.63.